The molecule has 4 nitrogen and oxygen atoms in total. The summed E-state index contributed by atoms with van der Waals surface area (Å²) in [6.07, 6.45) is 2.80. The maximum absolute atomic E-state index is 4.20. The fourth-order valence-electron chi connectivity index (χ4n) is 2.88. The van der Waals surface area contributed by atoms with E-state index in [0.29, 0.717) is 12.1 Å². The van der Waals surface area contributed by atoms with Gasteiger partial charge in [-0.15, -0.1) is 0 Å². The van der Waals surface area contributed by atoms with E-state index in [0.717, 1.165) is 31.7 Å². The van der Waals surface area contributed by atoms with E-state index in [4.69, 9.17) is 0 Å². The predicted molar refractivity (Wildman–Crippen MR) is 83.8 cm³/mol. The van der Waals surface area contributed by atoms with E-state index in [2.05, 4.69) is 57.7 Å². The molecule has 1 aromatic heterocycles. The summed E-state index contributed by atoms with van der Waals surface area (Å²) >= 11 is 0. The van der Waals surface area contributed by atoms with Gasteiger partial charge in [-0.25, -0.2) is 0 Å². The molecule has 0 radical (unpaired) electrons. The van der Waals surface area contributed by atoms with Crippen LogP contribution in [0.5, 0.6) is 0 Å². The first-order valence-corrected chi connectivity index (χ1v) is 7.59. The van der Waals surface area contributed by atoms with Gasteiger partial charge in [-0.05, 0) is 31.0 Å². The Kier molecular flexibility index (Phi) is 4.58. The number of hydrogen-bond acceptors (Lipinski definition) is 4. The van der Waals surface area contributed by atoms with Gasteiger partial charge in [-0.3, -0.25) is 4.90 Å². The molecule has 0 amide bonds. The van der Waals surface area contributed by atoms with E-state index in [-0.39, 0.29) is 0 Å². The van der Waals surface area contributed by atoms with Crippen LogP contribution >= 0.6 is 0 Å². The summed E-state index contributed by atoms with van der Waals surface area (Å²) in [7, 11) is 0. The van der Waals surface area contributed by atoms with Crippen LogP contribution in [0.4, 0.5) is 0 Å². The highest BCUT2D eigenvalue weighted by molar-refractivity contribution is 5.16. The monoisotopic (exact) mass is 282 g/mol. The predicted octanol–water partition coefficient (Wildman–Crippen LogP) is 1.88. The van der Waals surface area contributed by atoms with Crippen molar-refractivity contribution < 1.29 is 0 Å². The number of nitrogens with one attached hydrogen (secondary N) is 1. The van der Waals surface area contributed by atoms with Gasteiger partial charge in [0.05, 0.1) is 5.69 Å². The summed E-state index contributed by atoms with van der Waals surface area (Å²) in [5.74, 6) is 0. The molecular formula is C17H22N4. The number of benzene rings is 1. The van der Waals surface area contributed by atoms with Crippen LogP contribution in [0, 0.1) is 0 Å². The molecule has 1 fully saturated rings. The van der Waals surface area contributed by atoms with Crippen molar-refractivity contribution >= 4 is 0 Å². The van der Waals surface area contributed by atoms with Crippen molar-refractivity contribution in [3.8, 4) is 0 Å². The smallest absolute Gasteiger partial charge is 0.0771 e. The maximum atomic E-state index is 4.20. The Balaban J connectivity index is 1.62. The Morgan fingerprint density at radius 3 is 2.81 bits per heavy atom. The molecule has 110 valence electrons. The average molecular weight is 282 g/mol. The molecule has 0 aliphatic carbocycles. The van der Waals surface area contributed by atoms with Gasteiger partial charge in [0.2, 0.25) is 0 Å². The Hall–Kier alpha value is -1.78. The summed E-state index contributed by atoms with van der Waals surface area (Å²) in [5.41, 5.74) is 2.44. The van der Waals surface area contributed by atoms with Gasteiger partial charge >= 0.3 is 0 Å². The lowest BCUT2D eigenvalue weighted by Crippen LogP contribution is -2.55. The van der Waals surface area contributed by atoms with Crippen molar-refractivity contribution in [1.29, 1.82) is 0 Å². The lowest BCUT2D eigenvalue weighted by Gasteiger charge is -2.38. The van der Waals surface area contributed by atoms with Crippen molar-refractivity contribution in [2.45, 2.75) is 32.0 Å². The Bertz CT molecular complexity index is 543. The minimum absolute atomic E-state index is 0.500. The molecule has 2 heterocycles. The van der Waals surface area contributed by atoms with Crippen molar-refractivity contribution in [2.75, 3.05) is 13.1 Å². The average Bonchev–Trinajstić information content (AvgIpc) is 2.53. The molecule has 0 bridgehead atoms. The maximum Gasteiger partial charge on any atom is 0.0771 e. The Morgan fingerprint density at radius 1 is 1.19 bits per heavy atom. The third kappa shape index (κ3) is 3.86. The Labute approximate surface area is 126 Å². The van der Waals surface area contributed by atoms with E-state index >= 15 is 0 Å². The molecular weight excluding hydrogens is 260 g/mol. The molecule has 1 saturated heterocycles. The zero-order valence-corrected chi connectivity index (χ0v) is 12.4. The molecule has 3 rings (SSSR count). The Morgan fingerprint density at radius 2 is 2.05 bits per heavy atom. The molecule has 2 atom stereocenters. The van der Waals surface area contributed by atoms with E-state index in [1.165, 1.54) is 5.56 Å². The fraction of sp³-hybridized carbons (Fsp3) is 0.412. The van der Waals surface area contributed by atoms with Crippen LogP contribution in [0.2, 0.25) is 0 Å². The van der Waals surface area contributed by atoms with Gasteiger partial charge in [0, 0.05) is 37.9 Å². The molecule has 4 heteroatoms. The quantitative estimate of drug-likeness (QED) is 0.929. The van der Waals surface area contributed by atoms with Gasteiger partial charge in [0.1, 0.15) is 0 Å². The number of piperazine rings is 1. The second kappa shape index (κ2) is 6.78. The first kappa shape index (κ1) is 14.2. The molecule has 1 N–H and O–H groups in total. The van der Waals surface area contributed by atoms with E-state index in [1.807, 2.05) is 12.1 Å². The molecule has 21 heavy (non-hydrogen) atoms. The SMILES string of the molecule is CC1CNC(Cc2ccccc2)CN1Cc1cccnn1. The van der Waals surface area contributed by atoms with Gasteiger partial charge in [-0.2, -0.15) is 10.2 Å². The van der Waals surface area contributed by atoms with Gasteiger partial charge in [-0.1, -0.05) is 30.3 Å². The van der Waals surface area contributed by atoms with Crippen LogP contribution < -0.4 is 5.32 Å². The topological polar surface area (TPSA) is 41.0 Å². The highest BCUT2D eigenvalue weighted by atomic mass is 15.2. The highest BCUT2D eigenvalue weighted by Crippen LogP contribution is 2.13. The molecule has 1 aliphatic rings. The zero-order chi connectivity index (χ0) is 14.5. The summed E-state index contributed by atoms with van der Waals surface area (Å²) in [4.78, 5) is 2.49. The van der Waals surface area contributed by atoms with Crippen LogP contribution in [0.15, 0.2) is 48.7 Å². The minimum atomic E-state index is 0.500. The number of nitrogens with zero attached hydrogens (tertiary/aromatic N) is 3. The van der Waals surface area contributed by atoms with Crippen molar-refractivity contribution in [2.24, 2.45) is 0 Å². The second-order valence-corrected chi connectivity index (χ2v) is 5.79. The van der Waals surface area contributed by atoms with Gasteiger partial charge in [0.15, 0.2) is 0 Å². The fourth-order valence-corrected chi connectivity index (χ4v) is 2.88. The molecule has 2 aromatic rings. The first-order valence-electron chi connectivity index (χ1n) is 7.59. The van der Waals surface area contributed by atoms with Crippen LogP contribution in [-0.4, -0.2) is 40.3 Å². The van der Waals surface area contributed by atoms with Crippen molar-refractivity contribution in [3.63, 3.8) is 0 Å². The second-order valence-electron chi connectivity index (χ2n) is 5.79. The molecule has 0 spiro atoms. The number of aromatic nitrogens is 2. The van der Waals surface area contributed by atoms with E-state index in [1.54, 1.807) is 6.20 Å². The highest BCUT2D eigenvalue weighted by Gasteiger charge is 2.25. The third-order valence-electron chi connectivity index (χ3n) is 4.10. The normalized spacial score (nSPS) is 23.1. The lowest BCUT2D eigenvalue weighted by molar-refractivity contribution is 0.131. The van der Waals surface area contributed by atoms with Crippen LogP contribution in [0.1, 0.15) is 18.2 Å². The summed E-state index contributed by atoms with van der Waals surface area (Å²) in [6, 6.07) is 15.7. The van der Waals surface area contributed by atoms with Crippen LogP contribution in [0.3, 0.4) is 0 Å². The zero-order valence-electron chi connectivity index (χ0n) is 12.4. The largest absolute Gasteiger partial charge is 0.311 e. The van der Waals surface area contributed by atoms with E-state index in [9.17, 15) is 0 Å². The molecule has 0 saturated carbocycles. The summed E-state index contributed by atoms with van der Waals surface area (Å²) in [5, 5.41) is 11.8. The van der Waals surface area contributed by atoms with E-state index < -0.39 is 0 Å². The summed E-state index contributed by atoms with van der Waals surface area (Å²) in [6.45, 7) is 5.22. The van der Waals surface area contributed by atoms with Crippen LogP contribution in [-0.2, 0) is 13.0 Å². The first-order chi connectivity index (χ1) is 10.3. The number of hydrogen-bond donors (Lipinski definition) is 1. The molecule has 1 aromatic carbocycles. The summed E-state index contributed by atoms with van der Waals surface area (Å²) < 4.78 is 0. The van der Waals surface area contributed by atoms with Crippen molar-refractivity contribution in [1.82, 2.24) is 20.4 Å². The standard InChI is InChI=1S/C17H22N4/c1-14-11-18-17(10-15-6-3-2-4-7-15)13-21(14)12-16-8-5-9-19-20-16/h2-9,14,17-18H,10-13H2,1H3. The molecule has 1 aliphatic heterocycles. The van der Waals surface area contributed by atoms with Gasteiger partial charge in [0.25, 0.3) is 0 Å². The van der Waals surface area contributed by atoms with Crippen molar-refractivity contribution in [3.05, 3.63) is 59.9 Å². The van der Waals surface area contributed by atoms with Gasteiger partial charge < -0.3 is 5.32 Å². The minimum Gasteiger partial charge on any atom is -0.311 e. The molecule has 2 unspecified atom stereocenters. The number of rotatable bonds is 4. The third-order valence-corrected chi connectivity index (χ3v) is 4.10. The van der Waals surface area contributed by atoms with Crippen LogP contribution in [0.25, 0.3) is 0 Å². The lowest BCUT2D eigenvalue weighted by atomic mass is 10.0.